The summed E-state index contributed by atoms with van der Waals surface area (Å²) in [5.41, 5.74) is 6.65. The molecule has 1 aromatic carbocycles. The van der Waals surface area contributed by atoms with Crippen LogP contribution in [0.1, 0.15) is 11.1 Å². The summed E-state index contributed by atoms with van der Waals surface area (Å²) in [6.45, 7) is 0.621. The quantitative estimate of drug-likeness (QED) is 0.824. The molecule has 3 nitrogen and oxygen atoms in total. The average molecular weight is 235 g/mol. The van der Waals surface area contributed by atoms with Gasteiger partial charge in [0.15, 0.2) is 0 Å². The van der Waals surface area contributed by atoms with Gasteiger partial charge < -0.3 is 10.3 Å². The molecule has 0 aliphatic heterocycles. The fraction of sp³-hybridized carbons (Fsp3) is 0.0909. The second-order valence-electron chi connectivity index (χ2n) is 3.41. The van der Waals surface area contributed by atoms with Crippen LogP contribution in [-0.2, 0) is 6.54 Å². The maximum atomic E-state index is 13.3. The zero-order valence-corrected chi connectivity index (χ0v) is 9.25. The first-order valence-corrected chi connectivity index (χ1v) is 5.11. The highest BCUT2D eigenvalue weighted by molar-refractivity contribution is 7.80. The summed E-state index contributed by atoms with van der Waals surface area (Å²) in [4.78, 5) is 4.01. The summed E-state index contributed by atoms with van der Waals surface area (Å²) in [6.07, 6.45) is 5.23. The van der Waals surface area contributed by atoms with Crippen molar-refractivity contribution >= 4 is 17.2 Å². The van der Waals surface area contributed by atoms with Gasteiger partial charge in [-0.15, -0.1) is 0 Å². The fourth-order valence-corrected chi connectivity index (χ4v) is 1.61. The lowest BCUT2D eigenvalue weighted by molar-refractivity contribution is 0.624. The van der Waals surface area contributed by atoms with E-state index in [1.54, 1.807) is 24.7 Å². The highest BCUT2D eigenvalue weighted by atomic mass is 32.1. The highest BCUT2D eigenvalue weighted by Crippen LogP contribution is 2.11. The third kappa shape index (κ3) is 2.25. The predicted molar refractivity (Wildman–Crippen MR) is 63.6 cm³/mol. The number of thiocarbonyl (C=S) groups is 1. The molecule has 0 aliphatic carbocycles. The zero-order chi connectivity index (χ0) is 11.5. The minimum atomic E-state index is -0.387. The van der Waals surface area contributed by atoms with E-state index in [0.717, 1.165) is 5.56 Å². The van der Waals surface area contributed by atoms with E-state index in [2.05, 4.69) is 4.98 Å². The smallest absolute Gasteiger partial charge is 0.133 e. The van der Waals surface area contributed by atoms with Gasteiger partial charge in [-0.3, -0.25) is 0 Å². The first-order valence-electron chi connectivity index (χ1n) is 4.71. The van der Waals surface area contributed by atoms with Crippen molar-refractivity contribution in [3.63, 3.8) is 0 Å². The number of hydrogen-bond acceptors (Lipinski definition) is 2. The summed E-state index contributed by atoms with van der Waals surface area (Å²) in [6, 6.07) is 4.75. The lowest BCUT2D eigenvalue weighted by atomic mass is 10.1. The number of aromatic nitrogens is 2. The Morgan fingerprint density at radius 1 is 1.50 bits per heavy atom. The monoisotopic (exact) mass is 235 g/mol. The molecule has 2 rings (SSSR count). The number of hydrogen-bond donors (Lipinski definition) is 1. The van der Waals surface area contributed by atoms with Crippen LogP contribution >= 0.6 is 12.2 Å². The standard InChI is InChI=1S/C11H10FN3S/c12-10-2-1-8(5-9(10)11(13)16)6-15-4-3-14-7-15/h1-5,7H,6H2,(H2,13,16). The van der Waals surface area contributed by atoms with Gasteiger partial charge in [0.25, 0.3) is 0 Å². The number of halogens is 1. The van der Waals surface area contributed by atoms with Gasteiger partial charge in [0.05, 0.1) is 6.33 Å². The minimum absolute atomic E-state index is 0.0741. The Bertz CT molecular complexity index is 508. The van der Waals surface area contributed by atoms with Crippen LogP contribution in [0.4, 0.5) is 4.39 Å². The lowest BCUT2D eigenvalue weighted by Crippen LogP contribution is -2.12. The normalized spacial score (nSPS) is 10.3. The number of imidazole rings is 1. The molecule has 16 heavy (non-hydrogen) atoms. The van der Waals surface area contributed by atoms with E-state index in [-0.39, 0.29) is 16.4 Å². The molecule has 82 valence electrons. The molecule has 0 fully saturated rings. The van der Waals surface area contributed by atoms with Gasteiger partial charge >= 0.3 is 0 Å². The van der Waals surface area contributed by atoms with Crippen LogP contribution in [0.15, 0.2) is 36.9 Å². The number of benzene rings is 1. The largest absolute Gasteiger partial charge is 0.389 e. The Balaban J connectivity index is 2.29. The molecule has 0 aliphatic rings. The van der Waals surface area contributed by atoms with Gasteiger partial charge in [-0.05, 0) is 17.7 Å². The van der Waals surface area contributed by atoms with Gasteiger partial charge in [-0.25, -0.2) is 9.37 Å². The van der Waals surface area contributed by atoms with E-state index < -0.39 is 0 Å². The molecule has 5 heteroatoms. The summed E-state index contributed by atoms with van der Waals surface area (Å²) < 4.78 is 15.2. The molecule has 2 N–H and O–H groups in total. The van der Waals surface area contributed by atoms with Crippen LogP contribution in [0.3, 0.4) is 0 Å². The van der Waals surface area contributed by atoms with E-state index in [1.165, 1.54) is 6.07 Å². The molecule has 1 heterocycles. The summed E-state index contributed by atoms with van der Waals surface area (Å²) in [5.74, 6) is -0.387. The van der Waals surface area contributed by atoms with Crippen molar-refractivity contribution in [1.29, 1.82) is 0 Å². The molecule has 1 aromatic heterocycles. The number of nitrogens with zero attached hydrogens (tertiary/aromatic N) is 2. The first kappa shape index (κ1) is 10.8. The van der Waals surface area contributed by atoms with Gasteiger partial charge in [0, 0.05) is 24.5 Å². The van der Waals surface area contributed by atoms with Gasteiger partial charge in [0.2, 0.25) is 0 Å². The fourth-order valence-electron chi connectivity index (χ4n) is 1.45. The maximum absolute atomic E-state index is 13.3. The third-order valence-corrected chi connectivity index (χ3v) is 2.44. The Morgan fingerprint density at radius 2 is 2.31 bits per heavy atom. The van der Waals surface area contributed by atoms with Crippen LogP contribution < -0.4 is 5.73 Å². The van der Waals surface area contributed by atoms with Gasteiger partial charge in [0.1, 0.15) is 10.8 Å². The van der Waals surface area contributed by atoms with Gasteiger partial charge in [-0.2, -0.15) is 0 Å². The maximum Gasteiger partial charge on any atom is 0.133 e. The molecule has 0 atom stereocenters. The van der Waals surface area contributed by atoms with Crippen LogP contribution in [-0.4, -0.2) is 14.5 Å². The molecule has 2 aromatic rings. The Morgan fingerprint density at radius 3 is 2.94 bits per heavy atom. The second kappa shape index (κ2) is 4.40. The highest BCUT2D eigenvalue weighted by Gasteiger charge is 2.06. The molecule has 0 unspecified atom stereocenters. The Labute approximate surface area is 97.7 Å². The Hall–Kier alpha value is -1.75. The SMILES string of the molecule is NC(=S)c1cc(Cn2ccnc2)ccc1F. The topological polar surface area (TPSA) is 43.8 Å². The zero-order valence-electron chi connectivity index (χ0n) is 8.43. The molecule has 0 saturated heterocycles. The molecule has 0 radical (unpaired) electrons. The van der Waals surface area contributed by atoms with Crippen molar-refractivity contribution in [2.24, 2.45) is 5.73 Å². The van der Waals surface area contributed by atoms with Crippen LogP contribution in [0.5, 0.6) is 0 Å². The second-order valence-corrected chi connectivity index (χ2v) is 3.85. The predicted octanol–water partition coefficient (Wildman–Crippen LogP) is 1.70. The Kier molecular flexibility index (Phi) is 2.96. The van der Waals surface area contributed by atoms with Crippen LogP contribution in [0, 0.1) is 5.82 Å². The van der Waals surface area contributed by atoms with E-state index in [9.17, 15) is 4.39 Å². The minimum Gasteiger partial charge on any atom is -0.389 e. The van der Waals surface area contributed by atoms with Gasteiger partial charge in [-0.1, -0.05) is 18.3 Å². The van der Waals surface area contributed by atoms with E-state index in [0.29, 0.717) is 6.54 Å². The third-order valence-electron chi connectivity index (χ3n) is 2.22. The molecule has 0 amide bonds. The van der Waals surface area contributed by atoms with Crippen LogP contribution in [0.2, 0.25) is 0 Å². The van der Waals surface area contributed by atoms with Crippen LogP contribution in [0.25, 0.3) is 0 Å². The lowest BCUT2D eigenvalue weighted by Gasteiger charge is -2.06. The van der Waals surface area contributed by atoms with Crippen molar-refractivity contribution in [2.75, 3.05) is 0 Å². The average Bonchev–Trinajstić information content (AvgIpc) is 2.73. The summed E-state index contributed by atoms with van der Waals surface area (Å²) in [5, 5.41) is 0. The molecule has 0 bridgehead atoms. The van der Waals surface area contributed by atoms with Crippen molar-refractivity contribution in [2.45, 2.75) is 6.54 Å². The molecular formula is C11H10FN3S. The first-order chi connectivity index (χ1) is 7.66. The van der Waals surface area contributed by atoms with Crippen molar-refractivity contribution in [3.05, 3.63) is 53.9 Å². The van der Waals surface area contributed by atoms with Crippen molar-refractivity contribution in [1.82, 2.24) is 9.55 Å². The van der Waals surface area contributed by atoms with E-state index in [4.69, 9.17) is 18.0 Å². The molecule has 0 spiro atoms. The molecular weight excluding hydrogens is 225 g/mol. The van der Waals surface area contributed by atoms with Crippen molar-refractivity contribution in [3.8, 4) is 0 Å². The van der Waals surface area contributed by atoms with E-state index in [1.807, 2.05) is 10.8 Å². The molecule has 0 saturated carbocycles. The van der Waals surface area contributed by atoms with Crippen molar-refractivity contribution < 1.29 is 4.39 Å². The number of nitrogens with two attached hydrogens (primary N) is 1. The van der Waals surface area contributed by atoms with E-state index >= 15 is 0 Å². The summed E-state index contributed by atoms with van der Waals surface area (Å²) >= 11 is 4.78. The summed E-state index contributed by atoms with van der Waals surface area (Å²) in [7, 11) is 0. The number of rotatable bonds is 3.